The van der Waals surface area contributed by atoms with Gasteiger partial charge in [-0.05, 0) is 36.4 Å². The quantitative estimate of drug-likeness (QED) is 0.334. The standard InChI is InChI=1S/C20H15FN2O4S/c21-14-4-3-5-16(12-14)27-19-7-2-1-6-18(19)22-20(24)13-28-17-10-8-15(9-11-17)23(25)26/h1-12H,13H2,(H,22,24). The second-order valence-corrected chi connectivity index (χ2v) is 6.69. The van der Waals surface area contributed by atoms with E-state index in [0.717, 1.165) is 4.90 Å². The molecule has 0 aliphatic carbocycles. The highest BCUT2D eigenvalue weighted by atomic mass is 32.2. The highest BCUT2D eigenvalue weighted by molar-refractivity contribution is 8.00. The largest absolute Gasteiger partial charge is 0.455 e. The van der Waals surface area contributed by atoms with Crippen LogP contribution in [0.2, 0.25) is 0 Å². The molecular formula is C20H15FN2O4S. The topological polar surface area (TPSA) is 81.5 Å². The molecule has 3 rings (SSSR count). The van der Waals surface area contributed by atoms with E-state index in [2.05, 4.69) is 5.32 Å². The zero-order valence-corrected chi connectivity index (χ0v) is 15.3. The summed E-state index contributed by atoms with van der Waals surface area (Å²) in [5.74, 6) is 0.146. The van der Waals surface area contributed by atoms with Crippen LogP contribution in [-0.2, 0) is 4.79 Å². The number of benzene rings is 3. The van der Waals surface area contributed by atoms with Crippen LogP contribution >= 0.6 is 11.8 Å². The number of nitrogens with zero attached hydrogens (tertiary/aromatic N) is 1. The number of nitro groups is 1. The highest BCUT2D eigenvalue weighted by Crippen LogP contribution is 2.30. The molecule has 1 N–H and O–H groups in total. The van der Waals surface area contributed by atoms with Gasteiger partial charge in [-0.2, -0.15) is 0 Å². The number of thioether (sulfide) groups is 1. The lowest BCUT2D eigenvalue weighted by Crippen LogP contribution is -2.14. The van der Waals surface area contributed by atoms with E-state index in [-0.39, 0.29) is 17.3 Å². The van der Waals surface area contributed by atoms with Crippen LogP contribution in [0.15, 0.2) is 77.7 Å². The molecule has 0 heterocycles. The number of amides is 1. The first kappa shape index (κ1) is 19.4. The summed E-state index contributed by atoms with van der Waals surface area (Å²) >= 11 is 1.25. The van der Waals surface area contributed by atoms with E-state index >= 15 is 0 Å². The van der Waals surface area contributed by atoms with Gasteiger partial charge in [0.2, 0.25) is 5.91 Å². The Morgan fingerprint density at radius 1 is 1.07 bits per heavy atom. The van der Waals surface area contributed by atoms with E-state index in [1.165, 1.54) is 42.1 Å². The fraction of sp³-hybridized carbons (Fsp3) is 0.0500. The predicted molar refractivity (Wildman–Crippen MR) is 105 cm³/mol. The molecule has 0 unspecified atom stereocenters. The summed E-state index contributed by atoms with van der Waals surface area (Å²) in [7, 11) is 0. The van der Waals surface area contributed by atoms with Gasteiger partial charge in [-0.3, -0.25) is 14.9 Å². The highest BCUT2D eigenvalue weighted by Gasteiger charge is 2.10. The summed E-state index contributed by atoms with van der Waals surface area (Å²) in [5, 5.41) is 13.4. The van der Waals surface area contributed by atoms with E-state index in [1.807, 2.05) is 0 Å². The Morgan fingerprint density at radius 2 is 1.82 bits per heavy atom. The molecule has 1 amide bonds. The number of carbonyl (C=O) groups is 1. The number of rotatable bonds is 7. The fourth-order valence-corrected chi connectivity index (χ4v) is 3.01. The number of nitro benzene ring substituents is 1. The molecule has 0 radical (unpaired) electrons. The number of non-ortho nitro benzene ring substituents is 1. The molecule has 0 spiro atoms. The summed E-state index contributed by atoms with van der Waals surface area (Å²) in [6.07, 6.45) is 0. The molecule has 0 saturated carbocycles. The number of ether oxygens (including phenoxy) is 1. The van der Waals surface area contributed by atoms with Crippen LogP contribution in [0.1, 0.15) is 0 Å². The Hall–Kier alpha value is -3.39. The molecule has 0 atom stereocenters. The van der Waals surface area contributed by atoms with Gasteiger partial charge in [0.1, 0.15) is 11.6 Å². The monoisotopic (exact) mass is 398 g/mol. The number of hydrogen-bond acceptors (Lipinski definition) is 5. The summed E-state index contributed by atoms with van der Waals surface area (Å²) in [5.41, 5.74) is 0.457. The number of para-hydroxylation sites is 2. The van der Waals surface area contributed by atoms with Crippen molar-refractivity contribution >= 4 is 29.0 Å². The van der Waals surface area contributed by atoms with Crippen LogP contribution < -0.4 is 10.1 Å². The van der Waals surface area contributed by atoms with E-state index in [0.29, 0.717) is 17.2 Å². The van der Waals surface area contributed by atoms with Gasteiger partial charge in [-0.1, -0.05) is 18.2 Å². The van der Waals surface area contributed by atoms with Gasteiger partial charge in [0.05, 0.1) is 16.4 Å². The van der Waals surface area contributed by atoms with Crippen molar-refractivity contribution in [2.45, 2.75) is 4.90 Å². The minimum Gasteiger partial charge on any atom is -0.455 e. The first-order valence-electron chi connectivity index (χ1n) is 8.21. The first-order valence-corrected chi connectivity index (χ1v) is 9.19. The Morgan fingerprint density at radius 3 is 2.54 bits per heavy atom. The molecule has 0 aliphatic heterocycles. The number of nitrogens with one attached hydrogen (secondary N) is 1. The molecule has 0 aliphatic rings. The Kier molecular flexibility index (Phi) is 6.23. The Balaban J connectivity index is 1.61. The van der Waals surface area contributed by atoms with Gasteiger partial charge in [0.25, 0.3) is 5.69 Å². The lowest BCUT2D eigenvalue weighted by molar-refractivity contribution is -0.384. The van der Waals surface area contributed by atoms with Crippen molar-refractivity contribution in [3.05, 3.63) is 88.7 Å². The fourth-order valence-electron chi connectivity index (χ4n) is 2.32. The summed E-state index contributed by atoms with van der Waals surface area (Å²) in [6.45, 7) is 0. The van der Waals surface area contributed by atoms with Crippen molar-refractivity contribution in [2.24, 2.45) is 0 Å². The molecular weight excluding hydrogens is 383 g/mol. The van der Waals surface area contributed by atoms with E-state index < -0.39 is 10.7 Å². The second-order valence-electron chi connectivity index (χ2n) is 5.64. The predicted octanol–water partition coefficient (Wildman–Crippen LogP) is 5.26. The smallest absolute Gasteiger partial charge is 0.269 e. The number of hydrogen-bond donors (Lipinski definition) is 1. The van der Waals surface area contributed by atoms with Crippen LogP contribution in [0.3, 0.4) is 0 Å². The molecule has 0 saturated heterocycles. The lowest BCUT2D eigenvalue weighted by atomic mass is 10.3. The molecule has 0 aromatic heterocycles. The summed E-state index contributed by atoms with van der Waals surface area (Å²) in [4.78, 5) is 23.2. The lowest BCUT2D eigenvalue weighted by Gasteiger charge is -2.12. The second kappa shape index (κ2) is 9.01. The zero-order valence-electron chi connectivity index (χ0n) is 14.5. The van der Waals surface area contributed by atoms with Crippen LogP contribution in [0.4, 0.5) is 15.8 Å². The third kappa shape index (κ3) is 5.31. The Labute approximate surface area is 164 Å². The van der Waals surface area contributed by atoms with E-state index in [9.17, 15) is 19.3 Å². The van der Waals surface area contributed by atoms with Crippen molar-refractivity contribution in [1.29, 1.82) is 0 Å². The third-order valence-corrected chi connectivity index (χ3v) is 4.61. The van der Waals surface area contributed by atoms with Gasteiger partial charge in [-0.25, -0.2) is 4.39 Å². The van der Waals surface area contributed by atoms with Crippen molar-refractivity contribution in [2.75, 3.05) is 11.1 Å². The molecule has 142 valence electrons. The van der Waals surface area contributed by atoms with Crippen LogP contribution in [0.25, 0.3) is 0 Å². The third-order valence-electron chi connectivity index (χ3n) is 3.60. The SMILES string of the molecule is O=C(CSc1ccc([N+](=O)[O-])cc1)Nc1ccccc1Oc1cccc(F)c1. The van der Waals surface area contributed by atoms with Crippen molar-refractivity contribution in [3.63, 3.8) is 0 Å². The number of anilines is 1. The van der Waals surface area contributed by atoms with Crippen molar-refractivity contribution in [1.82, 2.24) is 0 Å². The maximum atomic E-state index is 13.3. The molecule has 6 nitrogen and oxygen atoms in total. The van der Waals surface area contributed by atoms with Crippen LogP contribution in [-0.4, -0.2) is 16.6 Å². The van der Waals surface area contributed by atoms with Gasteiger partial charge < -0.3 is 10.1 Å². The molecule has 3 aromatic carbocycles. The van der Waals surface area contributed by atoms with Gasteiger partial charge in [0, 0.05) is 23.1 Å². The van der Waals surface area contributed by atoms with Crippen molar-refractivity contribution < 1.29 is 18.8 Å². The minimum atomic E-state index is -0.476. The minimum absolute atomic E-state index is 0.00257. The maximum Gasteiger partial charge on any atom is 0.269 e. The first-order chi connectivity index (χ1) is 13.5. The average Bonchev–Trinajstić information content (AvgIpc) is 2.68. The van der Waals surface area contributed by atoms with Crippen LogP contribution in [0, 0.1) is 15.9 Å². The van der Waals surface area contributed by atoms with E-state index in [1.54, 1.807) is 42.5 Å². The molecule has 28 heavy (non-hydrogen) atoms. The number of carbonyl (C=O) groups excluding carboxylic acids is 1. The van der Waals surface area contributed by atoms with Gasteiger partial charge in [-0.15, -0.1) is 11.8 Å². The number of halogens is 1. The maximum absolute atomic E-state index is 13.3. The Bertz CT molecular complexity index is 996. The summed E-state index contributed by atoms with van der Waals surface area (Å²) < 4.78 is 19.0. The van der Waals surface area contributed by atoms with Gasteiger partial charge >= 0.3 is 0 Å². The molecule has 8 heteroatoms. The molecule has 0 bridgehead atoms. The van der Waals surface area contributed by atoms with Crippen LogP contribution in [0.5, 0.6) is 11.5 Å². The zero-order chi connectivity index (χ0) is 19.9. The normalized spacial score (nSPS) is 10.3. The van der Waals surface area contributed by atoms with Crippen molar-refractivity contribution in [3.8, 4) is 11.5 Å². The van der Waals surface area contributed by atoms with E-state index in [4.69, 9.17) is 4.74 Å². The molecule has 3 aromatic rings. The summed E-state index contributed by atoms with van der Waals surface area (Å²) in [6, 6.07) is 18.5. The average molecular weight is 398 g/mol. The molecule has 0 fully saturated rings. The van der Waals surface area contributed by atoms with Gasteiger partial charge in [0.15, 0.2) is 5.75 Å².